The van der Waals surface area contributed by atoms with Crippen molar-refractivity contribution in [1.82, 2.24) is 30.0 Å². The molecule has 0 radical (unpaired) electrons. The lowest BCUT2D eigenvalue weighted by molar-refractivity contribution is -0.137. The van der Waals surface area contributed by atoms with Gasteiger partial charge in [-0.05, 0) is 28.8 Å². The van der Waals surface area contributed by atoms with Crippen LogP contribution in [0, 0.1) is 5.41 Å². The van der Waals surface area contributed by atoms with Crippen molar-refractivity contribution in [1.29, 1.82) is 0 Å². The summed E-state index contributed by atoms with van der Waals surface area (Å²) >= 11 is 0. The van der Waals surface area contributed by atoms with Crippen LogP contribution in [0.4, 0.5) is 0 Å². The van der Waals surface area contributed by atoms with Crippen LogP contribution >= 0.6 is 0 Å². The lowest BCUT2D eigenvalue weighted by atomic mass is 9.77. The zero-order chi connectivity index (χ0) is 18.9. The molecular weight excluding hydrogens is 344 g/mol. The SMILES string of the molecule is CN1CC2(CCN(C(=O)[C@H](Cc3ccccc3)n3cnnn3)CC2)CC1=O. The smallest absolute Gasteiger partial charge is 0.247 e. The highest BCUT2D eigenvalue weighted by molar-refractivity contribution is 5.81. The Labute approximate surface area is 158 Å². The fraction of sp³-hybridized carbons (Fsp3) is 0.526. The standard InChI is InChI=1S/C19H24N6O2/c1-23-13-19(12-17(23)26)7-9-24(10-8-19)18(27)16(25-14-20-21-22-25)11-15-5-3-2-4-6-15/h2-6,14,16H,7-13H2,1H3/t16-/m0/s1. The van der Waals surface area contributed by atoms with Crippen LogP contribution in [0.3, 0.4) is 0 Å². The van der Waals surface area contributed by atoms with E-state index in [9.17, 15) is 9.59 Å². The van der Waals surface area contributed by atoms with Gasteiger partial charge in [-0.15, -0.1) is 5.10 Å². The fourth-order valence-corrected chi connectivity index (χ4v) is 4.29. The predicted octanol–water partition coefficient (Wildman–Crippen LogP) is 0.928. The second-order valence-corrected chi connectivity index (χ2v) is 7.75. The summed E-state index contributed by atoms with van der Waals surface area (Å²) in [4.78, 5) is 28.9. The molecule has 1 atom stereocenters. The van der Waals surface area contributed by atoms with Crippen LogP contribution in [0.1, 0.15) is 30.9 Å². The molecule has 4 rings (SSSR count). The Morgan fingerprint density at radius 2 is 1.96 bits per heavy atom. The Balaban J connectivity index is 1.47. The van der Waals surface area contributed by atoms with E-state index in [-0.39, 0.29) is 17.2 Å². The van der Waals surface area contributed by atoms with Gasteiger partial charge in [-0.3, -0.25) is 9.59 Å². The average molecular weight is 368 g/mol. The quantitative estimate of drug-likeness (QED) is 0.802. The van der Waals surface area contributed by atoms with E-state index in [4.69, 9.17) is 0 Å². The molecule has 0 bridgehead atoms. The summed E-state index contributed by atoms with van der Waals surface area (Å²) in [6.07, 6.45) is 4.38. The molecule has 3 heterocycles. The molecule has 2 fully saturated rings. The maximum atomic E-state index is 13.3. The molecule has 1 spiro atoms. The Morgan fingerprint density at radius 3 is 2.56 bits per heavy atom. The number of tetrazole rings is 1. The molecule has 2 amide bonds. The van der Waals surface area contributed by atoms with E-state index in [0.29, 0.717) is 25.9 Å². The predicted molar refractivity (Wildman–Crippen MR) is 97.5 cm³/mol. The molecule has 0 unspecified atom stereocenters. The third-order valence-electron chi connectivity index (χ3n) is 5.90. The zero-order valence-electron chi connectivity index (χ0n) is 15.5. The van der Waals surface area contributed by atoms with Crippen molar-refractivity contribution in [3.63, 3.8) is 0 Å². The normalized spacial score (nSPS) is 20.3. The monoisotopic (exact) mass is 368 g/mol. The van der Waals surface area contributed by atoms with Crippen LogP contribution in [0.2, 0.25) is 0 Å². The van der Waals surface area contributed by atoms with Gasteiger partial charge in [0.15, 0.2) is 0 Å². The topological polar surface area (TPSA) is 84.2 Å². The first-order valence-electron chi connectivity index (χ1n) is 9.35. The van der Waals surface area contributed by atoms with E-state index in [1.807, 2.05) is 47.2 Å². The molecule has 1 aromatic heterocycles. The van der Waals surface area contributed by atoms with Gasteiger partial charge in [-0.1, -0.05) is 30.3 Å². The number of benzene rings is 1. The number of nitrogens with zero attached hydrogens (tertiary/aromatic N) is 6. The van der Waals surface area contributed by atoms with E-state index in [0.717, 1.165) is 24.9 Å². The second kappa shape index (κ2) is 7.09. The molecule has 0 N–H and O–H groups in total. The van der Waals surface area contributed by atoms with Gasteiger partial charge in [-0.2, -0.15) is 0 Å². The average Bonchev–Trinajstić information content (AvgIpc) is 3.30. The Kier molecular flexibility index (Phi) is 4.63. The molecule has 0 aliphatic carbocycles. The number of carbonyl (C=O) groups excluding carboxylic acids is 2. The third kappa shape index (κ3) is 3.56. The van der Waals surface area contributed by atoms with E-state index in [2.05, 4.69) is 15.5 Å². The molecule has 2 aromatic rings. The highest BCUT2D eigenvalue weighted by Gasteiger charge is 2.44. The lowest BCUT2D eigenvalue weighted by Crippen LogP contribution is -2.47. The van der Waals surface area contributed by atoms with Gasteiger partial charge in [0.1, 0.15) is 12.4 Å². The molecule has 142 valence electrons. The molecule has 27 heavy (non-hydrogen) atoms. The largest absolute Gasteiger partial charge is 0.345 e. The Morgan fingerprint density at radius 1 is 1.22 bits per heavy atom. The first-order chi connectivity index (χ1) is 13.1. The second-order valence-electron chi connectivity index (χ2n) is 7.75. The van der Waals surface area contributed by atoms with E-state index in [1.54, 1.807) is 4.68 Å². The summed E-state index contributed by atoms with van der Waals surface area (Å²) < 4.78 is 1.55. The summed E-state index contributed by atoms with van der Waals surface area (Å²) in [5.74, 6) is 0.254. The van der Waals surface area contributed by atoms with Crippen molar-refractivity contribution < 1.29 is 9.59 Å². The van der Waals surface area contributed by atoms with Gasteiger partial charge >= 0.3 is 0 Å². The highest BCUT2D eigenvalue weighted by atomic mass is 16.2. The van der Waals surface area contributed by atoms with Crippen LogP contribution in [-0.4, -0.2) is 68.5 Å². The van der Waals surface area contributed by atoms with Gasteiger partial charge in [0, 0.05) is 44.9 Å². The molecular formula is C19H24N6O2. The molecule has 2 aliphatic rings. The van der Waals surface area contributed by atoms with Gasteiger partial charge in [0.25, 0.3) is 0 Å². The van der Waals surface area contributed by atoms with Crippen LogP contribution in [0.15, 0.2) is 36.7 Å². The maximum Gasteiger partial charge on any atom is 0.247 e. The number of hydrogen-bond donors (Lipinski definition) is 0. The van der Waals surface area contributed by atoms with Gasteiger partial charge in [0.05, 0.1) is 0 Å². The Bertz CT molecular complexity index is 799. The first kappa shape index (κ1) is 17.6. The maximum absolute atomic E-state index is 13.3. The molecule has 1 aromatic carbocycles. The highest BCUT2D eigenvalue weighted by Crippen LogP contribution is 2.40. The van der Waals surface area contributed by atoms with Crippen molar-refractivity contribution in [3.8, 4) is 0 Å². The van der Waals surface area contributed by atoms with E-state index in [1.165, 1.54) is 6.33 Å². The van der Waals surface area contributed by atoms with Gasteiger partial charge in [-0.25, -0.2) is 4.68 Å². The molecule has 8 nitrogen and oxygen atoms in total. The third-order valence-corrected chi connectivity index (χ3v) is 5.90. The van der Waals surface area contributed by atoms with Gasteiger partial charge < -0.3 is 9.80 Å². The van der Waals surface area contributed by atoms with Crippen molar-refractivity contribution in [2.45, 2.75) is 31.7 Å². The van der Waals surface area contributed by atoms with Crippen molar-refractivity contribution in [2.75, 3.05) is 26.7 Å². The first-order valence-corrected chi connectivity index (χ1v) is 9.35. The minimum atomic E-state index is -0.454. The molecule has 8 heteroatoms. The number of rotatable bonds is 4. The molecule has 0 saturated carbocycles. The zero-order valence-corrected chi connectivity index (χ0v) is 15.5. The summed E-state index contributed by atoms with van der Waals surface area (Å²) in [5.41, 5.74) is 1.11. The van der Waals surface area contributed by atoms with Crippen molar-refractivity contribution >= 4 is 11.8 Å². The number of aromatic nitrogens is 4. The molecule has 2 saturated heterocycles. The van der Waals surface area contributed by atoms with E-state index >= 15 is 0 Å². The summed E-state index contributed by atoms with van der Waals surface area (Å²) in [6, 6.07) is 9.46. The van der Waals surface area contributed by atoms with Crippen LogP contribution in [-0.2, 0) is 16.0 Å². The van der Waals surface area contributed by atoms with Crippen molar-refractivity contribution in [2.24, 2.45) is 5.41 Å². The van der Waals surface area contributed by atoms with Gasteiger partial charge in [0.2, 0.25) is 11.8 Å². The van der Waals surface area contributed by atoms with Crippen LogP contribution < -0.4 is 0 Å². The van der Waals surface area contributed by atoms with Crippen LogP contribution in [0.5, 0.6) is 0 Å². The summed E-state index contributed by atoms with van der Waals surface area (Å²) in [7, 11) is 1.86. The lowest BCUT2D eigenvalue weighted by Gasteiger charge is -2.39. The number of piperidine rings is 1. The molecule has 2 aliphatic heterocycles. The number of hydrogen-bond acceptors (Lipinski definition) is 5. The van der Waals surface area contributed by atoms with E-state index < -0.39 is 6.04 Å². The number of likely N-dealkylation sites (tertiary alicyclic amines) is 2. The number of amides is 2. The summed E-state index contributed by atoms with van der Waals surface area (Å²) in [5, 5.41) is 11.4. The van der Waals surface area contributed by atoms with Crippen molar-refractivity contribution in [3.05, 3.63) is 42.2 Å². The minimum Gasteiger partial charge on any atom is -0.345 e. The summed E-state index contributed by atoms with van der Waals surface area (Å²) in [6.45, 7) is 2.15. The minimum absolute atomic E-state index is 0.0341. The van der Waals surface area contributed by atoms with Crippen LogP contribution in [0.25, 0.3) is 0 Å². The fourth-order valence-electron chi connectivity index (χ4n) is 4.29. The Hall–Kier alpha value is -2.77. The number of carbonyl (C=O) groups is 2.